The molecule has 0 aromatic carbocycles. The fourth-order valence-corrected chi connectivity index (χ4v) is 2.71. The van der Waals surface area contributed by atoms with Crippen LogP contribution in [0.25, 0.3) is 0 Å². The highest BCUT2D eigenvalue weighted by atomic mass is 32.1. The van der Waals surface area contributed by atoms with Crippen molar-refractivity contribution in [3.8, 4) is 0 Å². The van der Waals surface area contributed by atoms with Crippen molar-refractivity contribution >= 4 is 11.3 Å². The summed E-state index contributed by atoms with van der Waals surface area (Å²) in [6.45, 7) is 4.02. The van der Waals surface area contributed by atoms with Crippen molar-refractivity contribution in [2.45, 2.75) is 26.3 Å². The second kappa shape index (κ2) is 4.35. The molecule has 86 valence electrons. The van der Waals surface area contributed by atoms with E-state index >= 15 is 0 Å². The molecule has 0 aliphatic carbocycles. The molecule has 2 aromatic rings. The third kappa shape index (κ3) is 2.31. The lowest BCUT2D eigenvalue weighted by Crippen LogP contribution is -2.13. The zero-order valence-electron chi connectivity index (χ0n) is 9.77. The molecule has 0 bridgehead atoms. The van der Waals surface area contributed by atoms with E-state index in [9.17, 15) is 0 Å². The highest BCUT2D eigenvalue weighted by Crippen LogP contribution is 2.25. The first kappa shape index (κ1) is 11.3. The maximum atomic E-state index is 6.17. The van der Waals surface area contributed by atoms with E-state index < -0.39 is 0 Å². The Kier molecular flexibility index (Phi) is 3.07. The van der Waals surface area contributed by atoms with Crippen LogP contribution in [0.1, 0.15) is 27.3 Å². The quantitative estimate of drug-likeness (QED) is 0.883. The SMILES string of the molecule is Cc1nc(C)c(C(N)Cc2ccn(C)n2)s1. The second-order valence-corrected chi connectivity index (χ2v) is 5.21. The molecule has 5 heteroatoms. The summed E-state index contributed by atoms with van der Waals surface area (Å²) >= 11 is 1.68. The molecular weight excluding hydrogens is 220 g/mol. The predicted octanol–water partition coefficient (Wildman–Crippen LogP) is 1.74. The van der Waals surface area contributed by atoms with Crippen LogP contribution in [-0.4, -0.2) is 14.8 Å². The number of hydrogen-bond donors (Lipinski definition) is 1. The highest BCUT2D eigenvalue weighted by Gasteiger charge is 2.14. The Morgan fingerprint density at radius 2 is 2.25 bits per heavy atom. The summed E-state index contributed by atoms with van der Waals surface area (Å²) in [5, 5.41) is 5.41. The fourth-order valence-electron chi connectivity index (χ4n) is 1.78. The van der Waals surface area contributed by atoms with Gasteiger partial charge in [-0.15, -0.1) is 11.3 Å². The van der Waals surface area contributed by atoms with E-state index in [-0.39, 0.29) is 6.04 Å². The summed E-state index contributed by atoms with van der Waals surface area (Å²) in [5.41, 5.74) is 8.25. The Morgan fingerprint density at radius 3 is 2.75 bits per heavy atom. The molecule has 0 fully saturated rings. The Hall–Kier alpha value is -1.20. The molecule has 2 rings (SSSR count). The number of nitrogens with zero attached hydrogens (tertiary/aromatic N) is 3. The summed E-state index contributed by atoms with van der Waals surface area (Å²) in [5.74, 6) is 0. The monoisotopic (exact) mass is 236 g/mol. The number of aryl methyl sites for hydroxylation is 3. The summed E-state index contributed by atoms with van der Waals surface area (Å²) in [7, 11) is 1.91. The molecular formula is C11H16N4S. The lowest BCUT2D eigenvalue weighted by Gasteiger charge is -2.07. The molecule has 1 atom stereocenters. The van der Waals surface area contributed by atoms with Gasteiger partial charge in [0.15, 0.2) is 0 Å². The van der Waals surface area contributed by atoms with Gasteiger partial charge in [-0.2, -0.15) is 5.10 Å². The van der Waals surface area contributed by atoms with Crippen molar-refractivity contribution in [2.24, 2.45) is 12.8 Å². The minimum absolute atomic E-state index is 0.00102. The van der Waals surface area contributed by atoms with Crippen LogP contribution in [0.15, 0.2) is 12.3 Å². The van der Waals surface area contributed by atoms with E-state index in [2.05, 4.69) is 10.1 Å². The lowest BCUT2D eigenvalue weighted by molar-refractivity contribution is 0.679. The number of aromatic nitrogens is 3. The first-order chi connectivity index (χ1) is 7.56. The van der Waals surface area contributed by atoms with E-state index in [1.165, 1.54) is 4.88 Å². The molecule has 0 aliphatic rings. The largest absolute Gasteiger partial charge is 0.323 e. The Bertz CT molecular complexity index is 486. The van der Waals surface area contributed by atoms with Gasteiger partial charge >= 0.3 is 0 Å². The zero-order valence-corrected chi connectivity index (χ0v) is 10.6. The maximum absolute atomic E-state index is 6.17. The number of thiazole rings is 1. The number of nitrogens with two attached hydrogens (primary N) is 1. The summed E-state index contributed by atoms with van der Waals surface area (Å²) in [6, 6.07) is 2.00. The van der Waals surface area contributed by atoms with Crippen molar-refractivity contribution < 1.29 is 0 Å². The van der Waals surface area contributed by atoms with Crippen LogP contribution in [0, 0.1) is 13.8 Å². The van der Waals surface area contributed by atoms with Crippen molar-refractivity contribution in [3.63, 3.8) is 0 Å². The van der Waals surface area contributed by atoms with Gasteiger partial charge in [0, 0.05) is 30.6 Å². The van der Waals surface area contributed by atoms with E-state index in [4.69, 9.17) is 5.73 Å². The van der Waals surface area contributed by atoms with Crippen molar-refractivity contribution in [2.75, 3.05) is 0 Å². The average Bonchev–Trinajstić information content (AvgIpc) is 2.73. The minimum atomic E-state index is 0.00102. The first-order valence-corrected chi connectivity index (χ1v) is 6.06. The van der Waals surface area contributed by atoms with E-state index in [0.717, 1.165) is 22.8 Å². The Morgan fingerprint density at radius 1 is 1.50 bits per heavy atom. The Balaban J connectivity index is 2.14. The van der Waals surface area contributed by atoms with Gasteiger partial charge < -0.3 is 5.73 Å². The van der Waals surface area contributed by atoms with Crippen molar-refractivity contribution in [1.82, 2.24) is 14.8 Å². The standard InChI is InChI=1S/C11H16N4S/c1-7-11(16-8(2)13-7)10(12)6-9-4-5-15(3)14-9/h4-5,10H,6,12H2,1-3H3. The molecule has 1 unspecified atom stereocenters. The number of rotatable bonds is 3. The molecule has 0 radical (unpaired) electrons. The van der Waals surface area contributed by atoms with Gasteiger partial charge in [-0.1, -0.05) is 0 Å². The second-order valence-electron chi connectivity index (χ2n) is 3.97. The summed E-state index contributed by atoms with van der Waals surface area (Å²) in [6.07, 6.45) is 2.70. The Labute approximate surface area is 99.1 Å². The molecule has 0 saturated heterocycles. The van der Waals surface area contributed by atoms with Gasteiger partial charge in [0.25, 0.3) is 0 Å². The van der Waals surface area contributed by atoms with E-state index in [0.29, 0.717) is 0 Å². The zero-order chi connectivity index (χ0) is 11.7. The first-order valence-electron chi connectivity index (χ1n) is 5.24. The minimum Gasteiger partial charge on any atom is -0.323 e. The number of hydrogen-bond acceptors (Lipinski definition) is 4. The van der Waals surface area contributed by atoms with Gasteiger partial charge in [-0.3, -0.25) is 4.68 Å². The normalized spacial score (nSPS) is 13.0. The predicted molar refractivity (Wildman–Crippen MR) is 65.4 cm³/mol. The van der Waals surface area contributed by atoms with E-state index in [1.807, 2.05) is 33.2 Å². The van der Waals surface area contributed by atoms with Crippen LogP contribution in [0.2, 0.25) is 0 Å². The molecule has 16 heavy (non-hydrogen) atoms. The lowest BCUT2D eigenvalue weighted by atomic mass is 10.1. The molecule has 2 heterocycles. The van der Waals surface area contributed by atoms with Gasteiger partial charge in [-0.25, -0.2) is 4.98 Å². The van der Waals surface area contributed by atoms with Crippen molar-refractivity contribution in [1.29, 1.82) is 0 Å². The fraction of sp³-hybridized carbons (Fsp3) is 0.455. The van der Waals surface area contributed by atoms with Crippen LogP contribution < -0.4 is 5.73 Å². The third-order valence-electron chi connectivity index (χ3n) is 2.47. The summed E-state index contributed by atoms with van der Waals surface area (Å²) in [4.78, 5) is 5.56. The van der Waals surface area contributed by atoms with Crippen LogP contribution in [0.4, 0.5) is 0 Å². The third-order valence-corrected chi connectivity index (χ3v) is 3.68. The molecule has 0 aliphatic heterocycles. The smallest absolute Gasteiger partial charge is 0.0900 e. The molecule has 2 aromatic heterocycles. The highest BCUT2D eigenvalue weighted by molar-refractivity contribution is 7.11. The van der Waals surface area contributed by atoms with Gasteiger partial charge in [0.1, 0.15) is 0 Å². The van der Waals surface area contributed by atoms with Gasteiger partial charge in [-0.05, 0) is 19.9 Å². The van der Waals surface area contributed by atoms with Crippen LogP contribution in [0.3, 0.4) is 0 Å². The van der Waals surface area contributed by atoms with Crippen LogP contribution in [-0.2, 0) is 13.5 Å². The van der Waals surface area contributed by atoms with E-state index in [1.54, 1.807) is 16.0 Å². The van der Waals surface area contributed by atoms with Crippen LogP contribution in [0.5, 0.6) is 0 Å². The molecule has 0 amide bonds. The molecule has 4 nitrogen and oxygen atoms in total. The topological polar surface area (TPSA) is 56.7 Å². The summed E-state index contributed by atoms with van der Waals surface area (Å²) < 4.78 is 1.80. The van der Waals surface area contributed by atoms with Gasteiger partial charge in [0.2, 0.25) is 0 Å². The van der Waals surface area contributed by atoms with Gasteiger partial charge in [0.05, 0.1) is 16.4 Å². The van der Waals surface area contributed by atoms with Crippen molar-refractivity contribution in [3.05, 3.63) is 33.5 Å². The molecule has 0 spiro atoms. The molecule has 2 N–H and O–H groups in total. The molecule has 0 saturated carbocycles. The van der Waals surface area contributed by atoms with Crippen LogP contribution >= 0.6 is 11.3 Å². The average molecular weight is 236 g/mol. The maximum Gasteiger partial charge on any atom is 0.0900 e.